The van der Waals surface area contributed by atoms with E-state index in [1.165, 1.54) is 6.54 Å². The second-order valence-electron chi connectivity index (χ2n) is 7.22. The second kappa shape index (κ2) is 8.25. The zero-order valence-electron chi connectivity index (χ0n) is 15.4. The van der Waals surface area contributed by atoms with Crippen LogP contribution in [-0.2, 0) is 0 Å². The molecule has 1 aliphatic heterocycles. The Balaban J connectivity index is 1.51. The van der Waals surface area contributed by atoms with Gasteiger partial charge in [0.2, 0.25) is 5.95 Å². The number of hydrogen-bond donors (Lipinski definition) is 2. The maximum atomic E-state index is 4.45. The van der Waals surface area contributed by atoms with Gasteiger partial charge in [0.1, 0.15) is 0 Å². The maximum absolute atomic E-state index is 4.45. The molecule has 0 amide bonds. The lowest BCUT2D eigenvalue weighted by atomic mass is 10.0. The Labute approximate surface area is 150 Å². The summed E-state index contributed by atoms with van der Waals surface area (Å²) in [5.41, 5.74) is 3.00. The summed E-state index contributed by atoms with van der Waals surface area (Å²) in [6, 6.07) is 2.41. The van der Waals surface area contributed by atoms with Crippen molar-refractivity contribution in [3.63, 3.8) is 0 Å². The number of aryl methyl sites for hydroxylation is 1. The van der Waals surface area contributed by atoms with Crippen LogP contribution in [-0.4, -0.2) is 45.5 Å². The Morgan fingerprint density at radius 3 is 2.52 bits per heavy atom. The minimum Gasteiger partial charge on any atom is -0.353 e. The number of anilines is 3. The number of nitrogens with zero attached hydrogens (tertiary/aromatic N) is 4. The van der Waals surface area contributed by atoms with Crippen molar-refractivity contribution in [2.45, 2.75) is 39.7 Å². The predicted molar refractivity (Wildman–Crippen MR) is 102 cm³/mol. The SMILES string of the molecule is Cc1cnccc1Nc1cnc(NC2CCN(CC(C)C)CC2)nc1. The molecule has 3 heterocycles. The summed E-state index contributed by atoms with van der Waals surface area (Å²) in [4.78, 5) is 15.6. The summed E-state index contributed by atoms with van der Waals surface area (Å²) in [6.07, 6.45) is 9.55. The summed E-state index contributed by atoms with van der Waals surface area (Å²) >= 11 is 0. The molecule has 2 N–H and O–H groups in total. The average molecular weight is 340 g/mol. The molecule has 2 aromatic rings. The van der Waals surface area contributed by atoms with Crippen LogP contribution in [0.2, 0.25) is 0 Å². The highest BCUT2D eigenvalue weighted by Gasteiger charge is 2.20. The Bertz CT molecular complexity index is 662. The van der Waals surface area contributed by atoms with Crippen LogP contribution in [0.4, 0.5) is 17.3 Å². The maximum Gasteiger partial charge on any atom is 0.222 e. The number of hydrogen-bond acceptors (Lipinski definition) is 6. The highest BCUT2D eigenvalue weighted by atomic mass is 15.2. The number of rotatable bonds is 6. The van der Waals surface area contributed by atoms with E-state index in [9.17, 15) is 0 Å². The van der Waals surface area contributed by atoms with Gasteiger partial charge in [-0.3, -0.25) is 4.98 Å². The number of nitrogens with one attached hydrogen (secondary N) is 2. The molecule has 0 spiro atoms. The van der Waals surface area contributed by atoms with Crippen molar-refractivity contribution >= 4 is 17.3 Å². The molecule has 0 unspecified atom stereocenters. The molecule has 25 heavy (non-hydrogen) atoms. The highest BCUT2D eigenvalue weighted by molar-refractivity contribution is 5.61. The van der Waals surface area contributed by atoms with Crippen LogP contribution < -0.4 is 10.6 Å². The molecule has 2 aromatic heterocycles. The van der Waals surface area contributed by atoms with Gasteiger partial charge in [-0.15, -0.1) is 0 Å². The Hall–Kier alpha value is -2.21. The van der Waals surface area contributed by atoms with Crippen molar-refractivity contribution in [2.24, 2.45) is 5.92 Å². The number of likely N-dealkylation sites (tertiary alicyclic amines) is 1. The van der Waals surface area contributed by atoms with Gasteiger partial charge in [0.05, 0.1) is 18.1 Å². The molecular formula is C19H28N6. The molecule has 1 aliphatic rings. The molecule has 6 heteroatoms. The zero-order chi connectivity index (χ0) is 17.6. The van der Waals surface area contributed by atoms with Gasteiger partial charge in [-0.2, -0.15) is 0 Å². The van der Waals surface area contributed by atoms with Crippen molar-refractivity contribution in [3.8, 4) is 0 Å². The lowest BCUT2D eigenvalue weighted by molar-refractivity contribution is 0.197. The fourth-order valence-corrected chi connectivity index (χ4v) is 3.20. The van der Waals surface area contributed by atoms with Crippen LogP contribution in [0.1, 0.15) is 32.3 Å². The first-order valence-corrected chi connectivity index (χ1v) is 9.08. The highest BCUT2D eigenvalue weighted by Crippen LogP contribution is 2.19. The van der Waals surface area contributed by atoms with E-state index < -0.39 is 0 Å². The molecule has 134 valence electrons. The fraction of sp³-hybridized carbons (Fsp3) is 0.526. The predicted octanol–water partition coefficient (Wildman–Crippen LogP) is 3.46. The molecule has 0 aromatic carbocycles. The summed E-state index contributed by atoms with van der Waals surface area (Å²) in [7, 11) is 0. The van der Waals surface area contributed by atoms with Crippen molar-refractivity contribution < 1.29 is 0 Å². The molecule has 0 aliphatic carbocycles. The van der Waals surface area contributed by atoms with Gasteiger partial charge in [0.25, 0.3) is 0 Å². The zero-order valence-corrected chi connectivity index (χ0v) is 15.4. The molecule has 0 atom stereocenters. The van der Waals surface area contributed by atoms with Crippen molar-refractivity contribution in [3.05, 3.63) is 36.4 Å². The Morgan fingerprint density at radius 1 is 1.16 bits per heavy atom. The Morgan fingerprint density at radius 2 is 1.88 bits per heavy atom. The van der Waals surface area contributed by atoms with Crippen molar-refractivity contribution in [2.75, 3.05) is 30.3 Å². The first kappa shape index (κ1) is 17.6. The molecule has 6 nitrogen and oxygen atoms in total. The molecule has 1 saturated heterocycles. The van der Waals surface area contributed by atoms with Gasteiger partial charge >= 0.3 is 0 Å². The summed E-state index contributed by atoms with van der Waals surface area (Å²) in [5, 5.41) is 6.80. The normalized spacial score (nSPS) is 16.2. The van der Waals surface area contributed by atoms with Gasteiger partial charge in [0.15, 0.2) is 0 Å². The second-order valence-corrected chi connectivity index (χ2v) is 7.22. The third-order valence-corrected chi connectivity index (χ3v) is 4.50. The number of piperidine rings is 1. The van der Waals surface area contributed by atoms with Crippen molar-refractivity contribution in [1.82, 2.24) is 19.9 Å². The lowest BCUT2D eigenvalue weighted by Gasteiger charge is -2.33. The van der Waals surface area contributed by atoms with Crippen molar-refractivity contribution in [1.29, 1.82) is 0 Å². The smallest absolute Gasteiger partial charge is 0.222 e. The van der Waals surface area contributed by atoms with Gasteiger partial charge in [0, 0.05) is 43.8 Å². The van der Waals surface area contributed by atoms with Crippen LogP contribution in [0.25, 0.3) is 0 Å². The molecule has 0 saturated carbocycles. The fourth-order valence-electron chi connectivity index (χ4n) is 3.20. The van der Waals surface area contributed by atoms with E-state index in [4.69, 9.17) is 0 Å². The first-order valence-electron chi connectivity index (χ1n) is 9.08. The largest absolute Gasteiger partial charge is 0.353 e. The third-order valence-electron chi connectivity index (χ3n) is 4.50. The van der Waals surface area contributed by atoms with Crippen LogP contribution in [0, 0.1) is 12.8 Å². The van der Waals surface area contributed by atoms with E-state index >= 15 is 0 Å². The minimum absolute atomic E-state index is 0.463. The minimum atomic E-state index is 0.463. The van der Waals surface area contributed by atoms with Gasteiger partial charge in [-0.05, 0) is 37.3 Å². The molecule has 0 radical (unpaired) electrons. The quantitative estimate of drug-likeness (QED) is 0.839. The third kappa shape index (κ3) is 5.13. The topological polar surface area (TPSA) is 66.0 Å². The first-order chi connectivity index (χ1) is 12.1. The van der Waals surface area contributed by atoms with E-state index in [2.05, 4.69) is 44.3 Å². The van der Waals surface area contributed by atoms with E-state index in [0.29, 0.717) is 12.0 Å². The van der Waals surface area contributed by atoms with E-state index in [-0.39, 0.29) is 0 Å². The van der Waals surface area contributed by atoms with E-state index in [1.807, 2.05) is 31.6 Å². The van der Waals surface area contributed by atoms with Crippen LogP contribution in [0.3, 0.4) is 0 Å². The molecule has 0 bridgehead atoms. The van der Waals surface area contributed by atoms with Crippen LogP contribution >= 0.6 is 0 Å². The monoisotopic (exact) mass is 340 g/mol. The van der Waals surface area contributed by atoms with E-state index in [1.54, 1.807) is 6.20 Å². The summed E-state index contributed by atoms with van der Waals surface area (Å²) in [6.45, 7) is 10.1. The standard InChI is InChI=1S/C19H28N6/c1-14(2)13-25-8-5-16(6-9-25)24-19-21-11-17(12-22-19)23-18-4-7-20-10-15(18)3/h4,7,10-12,14,16H,5-6,8-9,13H2,1-3H3,(H,20,23)(H,21,22,24). The summed E-state index contributed by atoms with van der Waals surface area (Å²) < 4.78 is 0. The van der Waals surface area contributed by atoms with Crippen LogP contribution in [0.5, 0.6) is 0 Å². The average Bonchev–Trinajstić information content (AvgIpc) is 2.60. The number of aromatic nitrogens is 3. The van der Waals surface area contributed by atoms with Crippen LogP contribution in [0.15, 0.2) is 30.9 Å². The Kier molecular flexibility index (Phi) is 5.81. The lowest BCUT2D eigenvalue weighted by Crippen LogP contribution is -2.40. The van der Waals surface area contributed by atoms with Gasteiger partial charge in [-0.25, -0.2) is 9.97 Å². The molecule has 3 rings (SSSR count). The van der Waals surface area contributed by atoms with Gasteiger partial charge < -0.3 is 15.5 Å². The molecule has 1 fully saturated rings. The van der Waals surface area contributed by atoms with E-state index in [0.717, 1.165) is 48.8 Å². The molecular weight excluding hydrogens is 312 g/mol. The van der Waals surface area contributed by atoms with Gasteiger partial charge in [-0.1, -0.05) is 13.8 Å². The number of pyridine rings is 1. The summed E-state index contributed by atoms with van der Waals surface area (Å²) in [5.74, 6) is 1.44.